The van der Waals surface area contributed by atoms with Crippen LogP contribution in [0.25, 0.3) is 0 Å². The lowest BCUT2D eigenvalue weighted by atomic mass is 10.00. The van der Waals surface area contributed by atoms with Gasteiger partial charge < -0.3 is 10.2 Å². The molecule has 15 heavy (non-hydrogen) atoms. The largest absolute Gasteiger partial charge is 0.316 e. The van der Waals surface area contributed by atoms with Crippen molar-refractivity contribution in [1.82, 2.24) is 10.2 Å². The van der Waals surface area contributed by atoms with Crippen molar-refractivity contribution in [2.45, 2.75) is 19.4 Å². The molecule has 1 aromatic rings. The maximum Gasteiger partial charge on any atom is 0.0202 e. The number of fused-ring (bicyclic) bond motifs is 1. The highest BCUT2D eigenvalue weighted by molar-refractivity contribution is 5.33. The molecule has 1 heterocycles. The zero-order valence-corrected chi connectivity index (χ0v) is 9.71. The number of benzene rings is 1. The Kier molecular flexibility index (Phi) is 3.39. The first-order valence-corrected chi connectivity index (χ1v) is 5.73. The van der Waals surface area contributed by atoms with E-state index < -0.39 is 0 Å². The van der Waals surface area contributed by atoms with Crippen molar-refractivity contribution < 1.29 is 0 Å². The third-order valence-electron chi connectivity index (χ3n) is 3.18. The fourth-order valence-electron chi connectivity index (χ4n) is 2.20. The van der Waals surface area contributed by atoms with E-state index in [9.17, 15) is 0 Å². The van der Waals surface area contributed by atoms with Gasteiger partial charge in [-0.25, -0.2) is 0 Å². The van der Waals surface area contributed by atoms with Crippen LogP contribution in [0.15, 0.2) is 18.2 Å². The fourth-order valence-corrected chi connectivity index (χ4v) is 2.20. The van der Waals surface area contributed by atoms with Gasteiger partial charge in [-0.3, -0.25) is 0 Å². The first kappa shape index (κ1) is 10.7. The Hall–Kier alpha value is -0.860. The van der Waals surface area contributed by atoms with E-state index in [0.29, 0.717) is 0 Å². The van der Waals surface area contributed by atoms with E-state index in [1.165, 1.54) is 31.5 Å². The summed E-state index contributed by atoms with van der Waals surface area (Å²) in [6.07, 6.45) is 2.40. The predicted molar refractivity (Wildman–Crippen MR) is 64.1 cm³/mol. The average Bonchev–Trinajstić information content (AvgIpc) is 2.42. The molecular formula is C13H20N2. The Morgan fingerprint density at radius 2 is 1.93 bits per heavy atom. The van der Waals surface area contributed by atoms with Crippen LogP contribution >= 0.6 is 0 Å². The van der Waals surface area contributed by atoms with E-state index in [4.69, 9.17) is 0 Å². The Balaban J connectivity index is 2.20. The van der Waals surface area contributed by atoms with Crippen molar-refractivity contribution in [2.24, 2.45) is 0 Å². The van der Waals surface area contributed by atoms with Gasteiger partial charge in [-0.2, -0.15) is 0 Å². The molecule has 1 aliphatic heterocycles. The highest BCUT2D eigenvalue weighted by Gasteiger charge is 2.10. The lowest BCUT2D eigenvalue weighted by Gasteiger charge is -2.10. The van der Waals surface area contributed by atoms with Crippen molar-refractivity contribution in [3.8, 4) is 0 Å². The normalized spacial score (nSPS) is 17.2. The van der Waals surface area contributed by atoms with E-state index in [1.807, 2.05) is 7.05 Å². The predicted octanol–water partition coefficient (Wildman–Crippen LogP) is 1.44. The molecule has 0 saturated heterocycles. The minimum atomic E-state index is 0.975. The van der Waals surface area contributed by atoms with E-state index >= 15 is 0 Å². The van der Waals surface area contributed by atoms with Gasteiger partial charge in [-0.05, 0) is 43.6 Å². The topological polar surface area (TPSA) is 15.3 Å². The van der Waals surface area contributed by atoms with Crippen molar-refractivity contribution in [3.63, 3.8) is 0 Å². The summed E-state index contributed by atoms with van der Waals surface area (Å²) in [5.41, 5.74) is 4.49. The van der Waals surface area contributed by atoms with Crippen LogP contribution < -0.4 is 5.32 Å². The molecule has 0 unspecified atom stereocenters. The molecule has 2 rings (SSSR count). The van der Waals surface area contributed by atoms with E-state index in [-0.39, 0.29) is 0 Å². The molecule has 1 N–H and O–H groups in total. The molecule has 82 valence electrons. The monoisotopic (exact) mass is 204 g/mol. The summed E-state index contributed by atoms with van der Waals surface area (Å²) in [5, 5.41) is 3.20. The Morgan fingerprint density at radius 1 is 1.20 bits per heavy atom. The number of hydrogen-bond acceptors (Lipinski definition) is 2. The van der Waals surface area contributed by atoms with Gasteiger partial charge in [0.2, 0.25) is 0 Å². The number of nitrogens with one attached hydrogen (secondary N) is 1. The van der Waals surface area contributed by atoms with Gasteiger partial charge in [0.25, 0.3) is 0 Å². The molecule has 0 atom stereocenters. The summed E-state index contributed by atoms with van der Waals surface area (Å²) in [5.74, 6) is 0. The van der Waals surface area contributed by atoms with Crippen LogP contribution in [0.1, 0.15) is 16.7 Å². The van der Waals surface area contributed by atoms with Crippen LogP contribution in [0, 0.1) is 0 Å². The van der Waals surface area contributed by atoms with E-state index in [1.54, 1.807) is 11.1 Å². The van der Waals surface area contributed by atoms with Gasteiger partial charge in [0.15, 0.2) is 0 Å². The lowest BCUT2D eigenvalue weighted by molar-refractivity contribution is 0.352. The molecule has 2 nitrogen and oxygen atoms in total. The summed E-state index contributed by atoms with van der Waals surface area (Å²) in [7, 11) is 4.21. The van der Waals surface area contributed by atoms with Crippen molar-refractivity contribution in [1.29, 1.82) is 0 Å². The highest BCUT2D eigenvalue weighted by atomic mass is 15.1. The third kappa shape index (κ3) is 2.58. The average molecular weight is 204 g/mol. The molecule has 0 aliphatic carbocycles. The molecular weight excluding hydrogens is 184 g/mol. The Morgan fingerprint density at radius 3 is 2.67 bits per heavy atom. The number of hydrogen-bond donors (Lipinski definition) is 1. The zero-order chi connectivity index (χ0) is 10.7. The smallest absolute Gasteiger partial charge is 0.0202 e. The molecule has 1 aromatic carbocycles. The minimum Gasteiger partial charge on any atom is -0.316 e. The van der Waals surface area contributed by atoms with Crippen molar-refractivity contribution in [3.05, 3.63) is 34.9 Å². The molecule has 0 amide bonds. The quantitative estimate of drug-likeness (QED) is 0.784. The summed E-state index contributed by atoms with van der Waals surface area (Å²) < 4.78 is 0. The molecule has 0 fully saturated rings. The van der Waals surface area contributed by atoms with E-state index in [0.717, 1.165) is 6.54 Å². The van der Waals surface area contributed by atoms with Gasteiger partial charge in [0, 0.05) is 19.6 Å². The van der Waals surface area contributed by atoms with Crippen LogP contribution in [-0.2, 0) is 19.4 Å². The standard InChI is InChI=1S/C13H20N2/c1-14-10-11-3-4-12-5-7-15(2)8-6-13(12)9-11/h3-4,9,14H,5-8,10H2,1-2H3. The molecule has 0 aromatic heterocycles. The second-order valence-corrected chi connectivity index (χ2v) is 4.44. The molecule has 0 saturated carbocycles. The van der Waals surface area contributed by atoms with Gasteiger partial charge in [-0.1, -0.05) is 18.2 Å². The summed E-state index contributed by atoms with van der Waals surface area (Å²) >= 11 is 0. The molecule has 0 bridgehead atoms. The van der Waals surface area contributed by atoms with Gasteiger partial charge >= 0.3 is 0 Å². The maximum absolute atomic E-state index is 3.20. The van der Waals surface area contributed by atoms with Crippen LogP contribution in [0.5, 0.6) is 0 Å². The highest BCUT2D eigenvalue weighted by Crippen LogP contribution is 2.17. The van der Waals surface area contributed by atoms with Crippen molar-refractivity contribution in [2.75, 3.05) is 27.2 Å². The van der Waals surface area contributed by atoms with Crippen molar-refractivity contribution >= 4 is 0 Å². The number of nitrogens with zero attached hydrogens (tertiary/aromatic N) is 1. The maximum atomic E-state index is 3.20. The Labute approximate surface area is 92.3 Å². The van der Waals surface area contributed by atoms with Gasteiger partial charge in [-0.15, -0.1) is 0 Å². The lowest BCUT2D eigenvalue weighted by Crippen LogP contribution is -2.20. The summed E-state index contributed by atoms with van der Waals surface area (Å²) in [6, 6.07) is 6.92. The fraction of sp³-hybridized carbons (Fsp3) is 0.538. The molecule has 0 spiro atoms. The van der Waals surface area contributed by atoms with Crippen LogP contribution in [-0.4, -0.2) is 32.1 Å². The molecule has 1 aliphatic rings. The van der Waals surface area contributed by atoms with Gasteiger partial charge in [0.1, 0.15) is 0 Å². The zero-order valence-electron chi connectivity index (χ0n) is 9.71. The van der Waals surface area contributed by atoms with Crippen LogP contribution in [0.3, 0.4) is 0 Å². The van der Waals surface area contributed by atoms with Crippen LogP contribution in [0.4, 0.5) is 0 Å². The molecule has 0 radical (unpaired) electrons. The van der Waals surface area contributed by atoms with E-state index in [2.05, 4.69) is 35.5 Å². The SMILES string of the molecule is CNCc1ccc2c(c1)CCN(C)CC2. The number of likely N-dealkylation sites (N-methyl/N-ethyl adjacent to an activating group) is 1. The molecule has 2 heteroatoms. The van der Waals surface area contributed by atoms with Crippen LogP contribution in [0.2, 0.25) is 0 Å². The minimum absolute atomic E-state index is 0.975. The van der Waals surface area contributed by atoms with Gasteiger partial charge in [0.05, 0.1) is 0 Å². The first-order chi connectivity index (χ1) is 7.29. The summed E-state index contributed by atoms with van der Waals surface area (Å²) in [4.78, 5) is 2.41. The third-order valence-corrected chi connectivity index (χ3v) is 3.18. The second kappa shape index (κ2) is 4.77. The second-order valence-electron chi connectivity index (χ2n) is 4.44. The first-order valence-electron chi connectivity index (χ1n) is 5.73. The Bertz CT molecular complexity index is 333. The summed E-state index contributed by atoms with van der Waals surface area (Å²) in [6.45, 7) is 3.36. The number of rotatable bonds is 2.